The second kappa shape index (κ2) is 6.62. The SMILES string of the molecule is Cc1cc(O)ccc1C(C)C.Cl.[Zr]. The average molecular weight is 278 g/mol. The molecule has 0 spiro atoms. The Kier molecular flexibility index (Phi) is 7.97. The van der Waals surface area contributed by atoms with Crippen LogP contribution in [0.5, 0.6) is 5.75 Å². The molecule has 0 saturated carbocycles. The summed E-state index contributed by atoms with van der Waals surface area (Å²) >= 11 is 0. The molecule has 0 radical (unpaired) electrons. The predicted molar refractivity (Wildman–Crippen MR) is 54.2 cm³/mol. The van der Waals surface area contributed by atoms with Gasteiger partial charge in [-0.15, -0.1) is 12.4 Å². The van der Waals surface area contributed by atoms with E-state index in [-0.39, 0.29) is 38.6 Å². The molecular weight excluding hydrogens is 263 g/mol. The fourth-order valence-electron chi connectivity index (χ4n) is 1.31. The molecule has 72 valence electrons. The first kappa shape index (κ1) is 15.7. The van der Waals surface area contributed by atoms with Gasteiger partial charge in [-0.3, -0.25) is 0 Å². The van der Waals surface area contributed by atoms with Gasteiger partial charge in [0.2, 0.25) is 0 Å². The molecule has 0 aliphatic heterocycles. The molecule has 1 nitrogen and oxygen atoms in total. The molecular formula is C10H15ClOZr. The van der Waals surface area contributed by atoms with Gasteiger partial charge >= 0.3 is 0 Å². The number of rotatable bonds is 1. The minimum Gasteiger partial charge on any atom is -0.508 e. The topological polar surface area (TPSA) is 20.2 Å². The van der Waals surface area contributed by atoms with Crippen LogP contribution < -0.4 is 0 Å². The third kappa shape index (κ3) is 4.29. The van der Waals surface area contributed by atoms with Crippen molar-refractivity contribution in [1.29, 1.82) is 0 Å². The van der Waals surface area contributed by atoms with Gasteiger partial charge in [0.1, 0.15) is 5.75 Å². The molecule has 0 atom stereocenters. The number of hydrogen-bond acceptors (Lipinski definition) is 1. The van der Waals surface area contributed by atoms with Crippen LogP contribution in [0.3, 0.4) is 0 Å². The van der Waals surface area contributed by atoms with E-state index in [0.717, 1.165) is 0 Å². The number of hydrogen-bond donors (Lipinski definition) is 1. The number of phenolic OH excluding ortho intramolecular Hbond substituents is 1. The van der Waals surface area contributed by atoms with Crippen molar-refractivity contribution in [2.45, 2.75) is 26.7 Å². The third-order valence-electron chi connectivity index (χ3n) is 1.88. The Hall–Kier alpha value is 0.193. The first-order chi connectivity index (χ1) is 5.11. The van der Waals surface area contributed by atoms with E-state index in [1.54, 1.807) is 12.1 Å². The van der Waals surface area contributed by atoms with E-state index in [2.05, 4.69) is 13.8 Å². The fraction of sp³-hybridized carbons (Fsp3) is 0.400. The maximum absolute atomic E-state index is 9.12. The Labute approximate surface area is 105 Å². The minimum atomic E-state index is 0. The van der Waals surface area contributed by atoms with Crippen LogP contribution in [0.1, 0.15) is 30.9 Å². The summed E-state index contributed by atoms with van der Waals surface area (Å²) in [7, 11) is 0. The standard InChI is InChI=1S/C10H14O.ClH.Zr/c1-7(2)10-5-4-9(11)6-8(10)3;;/h4-7,11H,1-3H3;1H;. The number of benzene rings is 1. The van der Waals surface area contributed by atoms with E-state index < -0.39 is 0 Å². The van der Waals surface area contributed by atoms with Crippen molar-refractivity contribution in [3.63, 3.8) is 0 Å². The molecule has 1 aromatic rings. The zero-order chi connectivity index (χ0) is 8.43. The Bertz CT molecular complexity index is 261. The van der Waals surface area contributed by atoms with Crippen LogP contribution >= 0.6 is 12.4 Å². The molecule has 0 bridgehead atoms. The van der Waals surface area contributed by atoms with Crippen molar-refractivity contribution in [3.05, 3.63) is 29.3 Å². The van der Waals surface area contributed by atoms with Gasteiger partial charge in [0, 0.05) is 26.2 Å². The van der Waals surface area contributed by atoms with E-state index >= 15 is 0 Å². The number of phenols is 1. The van der Waals surface area contributed by atoms with Crippen molar-refractivity contribution in [2.24, 2.45) is 0 Å². The van der Waals surface area contributed by atoms with E-state index in [4.69, 9.17) is 5.11 Å². The van der Waals surface area contributed by atoms with Gasteiger partial charge in [0.25, 0.3) is 0 Å². The van der Waals surface area contributed by atoms with Gasteiger partial charge in [-0.2, -0.15) is 0 Å². The van der Waals surface area contributed by atoms with Crippen LogP contribution in [0, 0.1) is 6.92 Å². The monoisotopic (exact) mass is 276 g/mol. The first-order valence-electron chi connectivity index (χ1n) is 3.91. The average Bonchev–Trinajstić information content (AvgIpc) is 1.85. The van der Waals surface area contributed by atoms with Crippen molar-refractivity contribution in [3.8, 4) is 5.75 Å². The molecule has 1 N–H and O–H groups in total. The molecule has 0 heterocycles. The number of halogens is 1. The molecule has 0 fully saturated rings. The summed E-state index contributed by atoms with van der Waals surface area (Å²) in [6.45, 7) is 6.33. The minimum absolute atomic E-state index is 0. The van der Waals surface area contributed by atoms with Crippen LogP contribution in [-0.4, -0.2) is 5.11 Å². The van der Waals surface area contributed by atoms with Crippen LogP contribution in [0.2, 0.25) is 0 Å². The molecule has 0 amide bonds. The van der Waals surface area contributed by atoms with Gasteiger partial charge in [-0.25, -0.2) is 0 Å². The normalized spacial score (nSPS) is 8.92. The molecule has 0 unspecified atom stereocenters. The Morgan fingerprint density at radius 1 is 1.23 bits per heavy atom. The maximum atomic E-state index is 9.12. The van der Waals surface area contributed by atoms with Crippen LogP contribution in [0.4, 0.5) is 0 Å². The van der Waals surface area contributed by atoms with Crippen molar-refractivity contribution >= 4 is 12.4 Å². The van der Waals surface area contributed by atoms with Gasteiger partial charge < -0.3 is 5.11 Å². The predicted octanol–water partition coefficient (Wildman–Crippen LogP) is 3.24. The second-order valence-electron chi connectivity index (χ2n) is 3.20. The van der Waals surface area contributed by atoms with E-state index in [9.17, 15) is 0 Å². The molecule has 0 aromatic heterocycles. The quantitative estimate of drug-likeness (QED) is 0.836. The van der Waals surface area contributed by atoms with E-state index in [0.29, 0.717) is 11.7 Å². The summed E-state index contributed by atoms with van der Waals surface area (Å²) < 4.78 is 0. The summed E-state index contributed by atoms with van der Waals surface area (Å²) in [4.78, 5) is 0. The molecule has 1 aromatic carbocycles. The van der Waals surface area contributed by atoms with E-state index in [1.807, 2.05) is 13.0 Å². The molecule has 3 heteroatoms. The zero-order valence-corrected chi connectivity index (χ0v) is 11.4. The largest absolute Gasteiger partial charge is 0.508 e. The summed E-state index contributed by atoms with van der Waals surface area (Å²) in [6.07, 6.45) is 0. The van der Waals surface area contributed by atoms with Crippen LogP contribution in [0.15, 0.2) is 18.2 Å². The Morgan fingerprint density at radius 3 is 2.15 bits per heavy atom. The molecule has 0 aliphatic rings. The molecule has 0 aliphatic carbocycles. The summed E-state index contributed by atoms with van der Waals surface area (Å²) in [5, 5.41) is 9.12. The number of aromatic hydroxyl groups is 1. The summed E-state index contributed by atoms with van der Waals surface area (Å²) in [5.41, 5.74) is 2.47. The maximum Gasteiger partial charge on any atom is 0.115 e. The number of aryl methyl sites for hydroxylation is 1. The molecule has 13 heavy (non-hydrogen) atoms. The summed E-state index contributed by atoms with van der Waals surface area (Å²) in [5.74, 6) is 0.891. The second-order valence-corrected chi connectivity index (χ2v) is 3.20. The first-order valence-corrected chi connectivity index (χ1v) is 3.91. The van der Waals surface area contributed by atoms with Crippen LogP contribution in [-0.2, 0) is 26.2 Å². The van der Waals surface area contributed by atoms with Gasteiger partial charge in [-0.05, 0) is 36.1 Å². The molecule has 0 saturated heterocycles. The zero-order valence-electron chi connectivity index (χ0n) is 8.16. The van der Waals surface area contributed by atoms with Crippen molar-refractivity contribution in [2.75, 3.05) is 0 Å². The van der Waals surface area contributed by atoms with Gasteiger partial charge in [0.15, 0.2) is 0 Å². The smallest absolute Gasteiger partial charge is 0.115 e. The van der Waals surface area contributed by atoms with Gasteiger partial charge in [-0.1, -0.05) is 19.9 Å². The fourth-order valence-corrected chi connectivity index (χ4v) is 1.31. The Morgan fingerprint density at radius 2 is 1.77 bits per heavy atom. The van der Waals surface area contributed by atoms with Crippen molar-refractivity contribution < 1.29 is 31.3 Å². The molecule has 1 rings (SSSR count). The van der Waals surface area contributed by atoms with E-state index in [1.165, 1.54) is 11.1 Å². The van der Waals surface area contributed by atoms with Crippen molar-refractivity contribution in [1.82, 2.24) is 0 Å². The Balaban J connectivity index is 0. The van der Waals surface area contributed by atoms with Gasteiger partial charge in [0.05, 0.1) is 0 Å². The van der Waals surface area contributed by atoms with Crippen LogP contribution in [0.25, 0.3) is 0 Å². The third-order valence-corrected chi connectivity index (χ3v) is 1.88. The summed E-state index contributed by atoms with van der Waals surface area (Å²) in [6, 6.07) is 5.52.